The van der Waals surface area contributed by atoms with E-state index in [1.54, 1.807) is 6.07 Å². The summed E-state index contributed by atoms with van der Waals surface area (Å²) in [5.74, 6) is 1.72. The van der Waals surface area contributed by atoms with E-state index in [2.05, 4.69) is 4.98 Å². The molecule has 4 nitrogen and oxygen atoms in total. The third-order valence-electron chi connectivity index (χ3n) is 3.46. The number of nitrogen functional groups attached to an aromatic ring is 1. The van der Waals surface area contributed by atoms with Crippen LogP contribution < -0.4 is 15.2 Å². The Kier molecular flexibility index (Phi) is 4.73. The van der Waals surface area contributed by atoms with E-state index in [0.717, 1.165) is 6.61 Å². The van der Waals surface area contributed by atoms with Crippen LogP contribution in [0.3, 0.4) is 0 Å². The van der Waals surface area contributed by atoms with Crippen LogP contribution in [0.4, 0.5) is 5.69 Å². The Morgan fingerprint density at radius 2 is 1.90 bits per heavy atom. The molecule has 0 aromatic carbocycles. The van der Waals surface area contributed by atoms with Crippen LogP contribution in [0.25, 0.3) is 0 Å². The van der Waals surface area contributed by atoms with E-state index in [4.69, 9.17) is 15.2 Å². The molecule has 0 unspecified atom stereocenters. The van der Waals surface area contributed by atoms with Crippen molar-refractivity contribution in [2.75, 3.05) is 12.3 Å². The van der Waals surface area contributed by atoms with Gasteiger partial charge in [0.15, 0.2) is 0 Å². The molecule has 112 valence electrons. The van der Waals surface area contributed by atoms with Crippen molar-refractivity contribution < 1.29 is 9.47 Å². The van der Waals surface area contributed by atoms with Gasteiger partial charge in [-0.1, -0.05) is 19.3 Å². The quantitative estimate of drug-likeness (QED) is 0.910. The number of hydrogen-bond donors (Lipinski definition) is 1. The Labute approximate surface area is 121 Å². The maximum atomic E-state index is 5.89. The van der Waals surface area contributed by atoms with Gasteiger partial charge in [-0.3, -0.25) is 0 Å². The minimum absolute atomic E-state index is 0.316. The first kappa shape index (κ1) is 14.9. The molecule has 1 saturated carbocycles. The summed E-state index contributed by atoms with van der Waals surface area (Å²) in [5, 5.41) is 0. The highest BCUT2D eigenvalue weighted by Gasteiger charge is 2.17. The summed E-state index contributed by atoms with van der Waals surface area (Å²) < 4.78 is 11.6. The lowest BCUT2D eigenvalue weighted by Crippen LogP contribution is -2.24. The highest BCUT2D eigenvalue weighted by atomic mass is 16.5. The van der Waals surface area contributed by atoms with Crippen molar-refractivity contribution in [3.8, 4) is 11.8 Å². The standard InChI is InChI=1S/C16H26N2O2/c1-16(2,3)20-15-13(17)9-10-14(18-15)19-11-12-7-5-4-6-8-12/h9-10,12H,4-8,11,17H2,1-3H3. The van der Waals surface area contributed by atoms with Gasteiger partial charge in [-0.05, 0) is 45.6 Å². The first-order valence-electron chi connectivity index (χ1n) is 7.52. The van der Waals surface area contributed by atoms with E-state index in [0.29, 0.717) is 23.4 Å². The van der Waals surface area contributed by atoms with Crippen molar-refractivity contribution in [1.29, 1.82) is 0 Å². The van der Waals surface area contributed by atoms with Gasteiger partial charge < -0.3 is 15.2 Å². The predicted molar refractivity (Wildman–Crippen MR) is 81.1 cm³/mol. The second-order valence-corrected chi connectivity index (χ2v) is 6.57. The molecule has 1 aromatic rings. The number of hydrogen-bond acceptors (Lipinski definition) is 4. The summed E-state index contributed by atoms with van der Waals surface area (Å²) >= 11 is 0. The molecule has 0 radical (unpaired) electrons. The molecule has 1 fully saturated rings. The molecule has 1 aromatic heterocycles. The van der Waals surface area contributed by atoms with Gasteiger partial charge in [0.2, 0.25) is 11.8 Å². The lowest BCUT2D eigenvalue weighted by atomic mass is 9.90. The summed E-state index contributed by atoms with van der Waals surface area (Å²) in [5.41, 5.74) is 6.12. The predicted octanol–water partition coefficient (Wildman–Crippen LogP) is 3.80. The van der Waals surface area contributed by atoms with E-state index in [1.807, 2.05) is 26.8 Å². The molecule has 0 saturated heterocycles. The van der Waals surface area contributed by atoms with Crippen LogP contribution in [0.1, 0.15) is 52.9 Å². The first-order valence-corrected chi connectivity index (χ1v) is 7.52. The van der Waals surface area contributed by atoms with Gasteiger partial charge in [0.25, 0.3) is 0 Å². The maximum Gasteiger partial charge on any atom is 0.241 e. The number of nitrogens with zero attached hydrogens (tertiary/aromatic N) is 1. The van der Waals surface area contributed by atoms with Crippen molar-refractivity contribution in [1.82, 2.24) is 4.98 Å². The summed E-state index contributed by atoms with van der Waals surface area (Å²) in [4.78, 5) is 4.37. The number of anilines is 1. The maximum absolute atomic E-state index is 5.89. The zero-order valence-electron chi connectivity index (χ0n) is 12.8. The van der Waals surface area contributed by atoms with Gasteiger partial charge >= 0.3 is 0 Å². The van der Waals surface area contributed by atoms with Crippen molar-refractivity contribution in [2.24, 2.45) is 5.92 Å². The van der Waals surface area contributed by atoms with E-state index in [9.17, 15) is 0 Å². The summed E-state index contributed by atoms with van der Waals surface area (Å²) in [6, 6.07) is 3.61. The summed E-state index contributed by atoms with van der Waals surface area (Å²) in [6.07, 6.45) is 6.53. The number of aromatic nitrogens is 1. The van der Waals surface area contributed by atoms with Gasteiger partial charge in [0, 0.05) is 6.07 Å². The van der Waals surface area contributed by atoms with Crippen LogP contribution >= 0.6 is 0 Å². The lowest BCUT2D eigenvalue weighted by molar-refractivity contribution is 0.122. The third-order valence-corrected chi connectivity index (χ3v) is 3.46. The number of rotatable bonds is 4. The molecule has 2 rings (SSSR count). The molecule has 1 heterocycles. The Balaban J connectivity index is 1.96. The fraction of sp³-hybridized carbons (Fsp3) is 0.688. The lowest BCUT2D eigenvalue weighted by Gasteiger charge is -2.23. The van der Waals surface area contributed by atoms with Crippen molar-refractivity contribution in [3.63, 3.8) is 0 Å². The molecule has 4 heteroatoms. The monoisotopic (exact) mass is 278 g/mol. The van der Waals surface area contributed by atoms with Crippen LogP contribution in [0.2, 0.25) is 0 Å². The minimum Gasteiger partial charge on any atom is -0.477 e. The fourth-order valence-electron chi connectivity index (χ4n) is 2.44. The van der Waals surface area contributed by atoms with Gasteiger partial charge in [0.1, 0.15) is 5.60 Å². The highest BCUT2D eigenvalue weighted by molar-refractivity contribution is 5.49. The summed E-state index contributed by atoms with van der Waals surface area (Å²) in [6.45, 7) is 6.67. The first-order chi connectivity index (χ1) is 9.44. The SMILES string of the molecule is CC(C)(C)Oc1nc(OCC2CCCCC2)ccc1N. The minimum atomic E-state index is -0.316. The Bertz CT molecular complexity index is 435. The molecular formula is C16H26N2O2. The average molecular weight is 278 g/mol. The van der Waals surface area contributed by atoms with Crippen LogP contribution in [-0.2, 0) is 0 Å². The smallest absolute Gasteiger partial charge is 0.241 e. The summed E-state index contributed by atoms with van der Waals surface area (Å²) in [7, 11) is 0. The van der Waals surface area contributed by atoms with Gasteiger partial charge in [-0.25, -0.2) is 0 Å². The molecule has 20 heavy (non-hydrogen) atoms. The molecule has 0 bridgehead atoms. The molecule has 0 aliphatic heterocycles. The zero-order valence-corrected chi connectivity index (χ0v) is 12.8. The van der Waals surface area contributed by atoms with Gasteiger partial charge in [0.05, 0.1) is 12.3 Å². The van der Waals surface area contributed by atoms with E-state index >= 15 is 0 Å². The molecule has 0 atom stereocenters. The fourth-order valence-corrected chi connectivity index (χ4v) is 2.44. The normalized spacial score (nSPS) is 16.9. The molecule has 1 aliphatic rings. The number of ether oxygens (including phenoxy) is 2. The van der Waals surface area contributed by atoms with E-state index in [1.165, 1.54) is 32.1 Å². The Hall–Kier alpha value is -1.45. The third kappa shape index (κ3) is 4.58. The van der Waals surface area contributed by atoms with Crippen molar-refractivity contribution >= 4 is 5.69 Å². The molecular weight excluding hydrogens is 252 g/mol. The van der Waals surface area contributed by atoms with Crippen LogP contribution in [0.5, 0.6) is 11.8 Å². The second kappa shape index (κ2) is 6.33. The van der Waals surface area contributed by atoms with Crippen LogP contribution in [-0.4, -0.2) is 17.2 Å². The van der Waals surface area contributed by atoms with Crippen molar-refractivity contribution in [3.05, 3.63) is 12.1 Å². The Morgan fingerprint density at radius 1 is 1.20 bits per heavy atom. The number of pyridine rings is 1. The largest absolute Gasteiger partial charge is 0.477 e. The van der Waals surface area contributed by atoms with Crippen LogP contribution in [0, 0.1) is 5.92 Å². The molecule has 1 aliphatic carbocycles. The molecule has 2 N–H and O–H groups in total. The van der Waals surface area contributed by atoms with E-state index in [-0.39, 0.29) is 5.60 Å². The Morgan fingerprint density at radius 3 is 2.55 bits per heavy atom. The molecule has 0 amide bonds. The topological polar surface area (TPSA) is 57.4 Å². The van der Waals surface area contributed by atoms with Crippen molar-refractivity contribution in [2.45, 2.75) is 58.5 Å². The van der Waals surface area contributed by atoms with Gasteiger partial charge in [-0.15, -0.1) is 0 Å². The van der Waals surface area contributed by atoms with Crippen LogP contribution in [0.15, 0.2) is 12.1 Å². The number of nitrogens with two attached hydrogens (primary N) is 1. The average Bonchev–Trinajstić information content (AvgIpc) is 2.39. The second-order valence-electron chi connectivity index (χ2n) is 6.57. The highest BCUT2D eigenvalue weighted by Crippen LogP contribution is 2.27. The van der Waals surface area contributed by atoms with E-state index < -0.39 is 0 Å². The molecule has 0 spiro atoms. The zero-order chi connectivity index (χ0) is 14.6. The van der Waals surface area contributed by atoms with Gasteiger partial charge in [-0.2, -0.15) is 4.98 Å².